The van der Waals surface area contributed by atoms with E-state index in [4.69, 9.17) is 9.47 Å². The predicted molar refractivity (Wildman–Crippen MR) is 132 cm³/mol. The van der Waals surface area contributed by atoms with Crippen LogP contribution in [0.15, 0.2) is 46.2 Å². The Morgan fingerprint density at radius 3 is 2.64 bits per heavy atom. The fourth-order valence-corrected chi connectivity index (χ4v) is 5.36. The average molecular weight is 467 g/mol. The van der Waals surface area contributed by atoms with Gasteiger partial charge in [0.05, 0.1) is 24.8 Å². The number of rotatable bonds is 5. The summed E-state index contributed by atoms with van der Waals surface area (Å²) in [5, 5.41) is 6.14. The monoisotopic (exact) mass is 466 g/mol. The van der Waals surface area contributed by atoms with Crippen LogP contribution in [0.2, 0.25) is 0 Å². The Hall–Kier alpha value is -2.93. The number of thioether (sulfide) groups is 1. The topological polar surface area (TPSA) is 76.7 Å². The highest BCUT2D eigenvalue weighted by atomic mass is 32.2. The van der Waals surface area contributed by atoms with Crippen molar-refractivity contribution in [3.63, 3.8) is 0 Å². The lowest BCUT2D eigenvalue weighted by Gasteiger charge is -2.34. The first-order valence-electron chi connectivity index (χ1n) is 11.3. The van der Waals surface area contributed by atoms with Gasteiger partial charge in [-0.25, -0.2) is 0 Å². The number of fused-ring (bicyclic) bond motifs is 1. The van der Waals surface area contributed by atoms with E-state index in [-0.39, 0.29) is 17.9 Å². The van der Waals surface area contributed by atoms with E-state index in [1.54, 1.807) is 20.3 Å². The Kier molecular flexibility index (Phi) is 6.98. The molecule has 1 aliphatic heterocycles. The molecule has 1 saturated carbocycles. The molecule has 0 radical (unpaired) electrons. The van der Waals surface area contributed by atoms with Gasteiger partial charge in [-0.3, -0.25) is 9.59 Å². The van der Waals surface area contributed by atoms with Crippen LogP contribution >= 0.6 is 11.8 Å². The van der Waals surface area contributed by atoms with Gasteiger partial charge in [0.25, 0.3) is 11.8 Å². The maximum absolute atomic E-state index is 12.9. The summed E-state index contributed by atoms with van der Waals surface area (Å²) in [7, 11) is 3.17. The Bertz CT molecular complexity index is 1100. The van der Waals surface area contributed by atoms with Gasteiger partial charge in [0.2, 0.25) is 0 Å². The molecule has 2 N–H and O–H groups in total. The van der Waals surface area contributed by atoms with Crippen molar-refractivity contribution < 1.29 is 19.1 Å². The molecule has 1 aliphatic carbocycles. The molecule has 2 amide bonds. The second-order valence-corrected chi connectivity index (χ2v) is 9.82. The average Bonchev–Trinajstić information content (AvgIpc) is 2.82. The first-order chi connectivity index (χ1) is 15.9. The number of benzene rings is 2. The Morgan fingerprint density at radius 1 is 1.09 bits per heavy atom. The molecule has 0 bridgehead atoms. The van der Waals surface area contributed by atoms with Crippen molar-refractivity contribution >= 4 is 35.3 Å². The lowest BCUT2D eigenvalue weighted by molar-refractivity contribution is -0.112. The van der Waals surface area contributed by atoms with Crippen LogP contribution in [0.5, 0.6) is 11.5 Å². The molecule has 1 fully saturated rings. The first kappa shape index (κ1) is 23.2. The van der Waals surface area contributed by atoms with Crippen molar-refractivity contribution in [3.8, 4) is 11.5 Å². The summed E-state index contributed by atoms with van der Waals surface area (Å²) < 4.78 is 10.6. The zero-order valence-electron chi connectivity index (χ0n) is 19.4. The molecule has 4 rings (SSSR count). The van der Waals surface area contributed by atoms with E-state index >= 15 is 0 Å². The number of amides is 2. The molecule has 0 aromatic heterocycles. The summed E-state index contributed by atoms with van der Waals surface area (Å²) in [4.78, 5) is 27.1. The third kappa shape index (κ3) is 5.03. The van der Waals surface area contributed by atoms with E-state index in [1.165, 1.54) is 18.2 Å². The molecule has 174 valence electrons. The minimum Gasteiger partial charge on any atom is -0.493 e. The summed E-state index contributed by atoms with van der Waals surface area (Å²) in [5.74, 6) is 2.02. The first-order valence-corrected chi connectivity index (χ1v) is 12.1. The molecule has 7 heteroatoms. The van der Waals surface area contributed by atoms with E-state index in [0.717, 1.165) is 23.3 Å². The molecule has 0 saturated heterocycles. The van der Waals surface area contributed by atoms with Crippen molar-refractivity contribution in [1.82, 2.24) is 5.32 Å². The maximum Gasteiger partial charge on any atom is 0.262 e. The van der Waals surface area contributed by atoms with Crippen LogP contribution in [-0.2, 0) is 4.79 Å². The highest BCUT2D eigenvalue weighted by Crippen LogP contribution is 2.40. The molecule has 2 aromatic rings. The normalized spacial score (nSPS) is 23.5. The van der Waals surface area contributed by atoms with Crippen LogP contribution in [0.3, 0.4) is 0 Å². The van der Waals surface area contributed by atoms with E-state index < -0.39 is 0 Å². The highest BCUT2D eigenvalue weighted by molar-refractivity contribution is 8.04. The smallest absolute Gasteiger partial charge is 0.262 e. The molecule has 33 heavy (non-hydrogen) atoms. The summed E-state index contributed by atoms with van der Waals surface area (Å²) >= 11 is 1.39. The van der Waals surface area contributed by atoms with Crippen molar-refractivity contribution in [1.29, 1.82) is 0 Å². The fourth-order valence-electron chi connectivity index (χ4n) is 4.43. The van der Waals surface area contributed by atoms with Gasteiger partial charge in [-0.2, -0.15) is 0 Å². The van der Waals surface area contributed by atoms with Gasteiger partial charge in [0, 0.05) is 16.5 Å². The lowest BCUT2D eigenvalue weighted by Crippen LogP contribution is -2.43. The number of methoxy groups -OCH3 is 2. The van der Waals surface area contributed by atoms with Gasteiger partial charge in [0.1, 0.15) is 0 Å². The number of ether oxygens (including phenoxy) is 2. The van der Waals surface area contributed by atoms with Gasteiger partial charge in [0.15, 0.2) is 11.5 Å². The largest absolute Gasteiger partial charge is 0.493 e. The number of hydrogen-bond acceptors (Lipinski definition) is 5. The second kappa shape index (κ2) is 9.91. The van der Waals surface area contributed by atoms with Crippen molar-refractivity contribution in [2.24, 2.45) is 11.8 Å². The molecule has 3 atom stereocenters. The van der Waals surface area contributed by atoms with Gasteiger partial charge in [-0.15, -0.1) is 0 Å². The summed E-state index contributed by atoms with van der Waals surface area (Å²) in [6.07, 6.45) is 5.19. The second-order valence-electron chi connectivity index (χ2n) is 8.74. The standard InChI is InChI=1S/C26H30N2O4S/c1-15-6-5-7-19(16(15)2)27-25(29)18-9-11-23-20(14-18)28-26(30)24(33-23)13-17-8-10-21(31-3)22(12-17)32-4/h8-16,19H,5-7H2,1-4H3,(H,27,29)(H,28,30)/b24-13+/t15-,16+,19-/m1/s1. The van der Waals surface area contributed by atoms with Gasteiger partial charge in [-0.1, -0.05) is 44.5 Å². The van der Waals surface area contributed by atoms with Crippen LogP contribution in [0.1, 0.15) is 49.0 Å². The van der Waals surface area contributed by atoms with Crippen LogP contribution in [0, 0.1) is 11.8 Å². The van der Waals surface area contributed by atoms with Crippen LogP contribution in [0.4, 0.5) is 5.69 Å². The fraction of sp³-hybridized carbons (Fsp3) is 0.385. The number of hydrogen-bond donors (Lipinski definition) is 2. The van der Waals surface area contributed by atoms with Crippen molar-refractivity contribution in [3.05, 3.63) is 52.4 Å². The van der Waals surface area contributed by atoms with E-state index in [0.29, 0.717) is 39.5 Å². The third-order valence-corrected chi connectivity index (χ3v) is 7.76. The summed E-state index contributed by atoms with van der Waals surface area (Å²) in [6.45, 7) is 4.46. The molecule has 0 spiro atoms. The minimum absolute atomic E-state index is 0.0883. The molecule has 0 unspecified atom stereocenters. The lowest BCUT2D eigenvalue weighted by atomic mass is 9.78. The molecule has 1 heterocycles. The molecular weight excluding hydrogens is 436 g/mol. The van der Waals surface area contributed by atoms with Crippen molar-refractivity contribution in [2.75, 3.05) is 19.5 Å². The molecule has 6 nitrogen and oxygen atoms in total. The molecular formula is C26H30N2O4S. The molecule has 2 aliphatic rings. The van der Waals surface area contributed by atoms with Gasteiger partial charge in [-0.05, 0) is 60.2 Å². The van der Waals surface area contributed by atoms with E-state index in [2.05, 4.69) is 24.5 Å². The van der Waals surface area contributed by atoms with Gasteiger partial charge < -0.3 is 20.1 Å². The quantitative estimate of drug-likeness (QED) is 0.582. The summed E-state index contributed by atoms with van der Waals surface area (Å²) in [6, 6.07) is 11.2. The van der Waals surface area contributed by atoms with Crippen LogP contribution in [-0.4, -0.2) is 32.1 Å². The Morgan fingerprint density at radius 2 is 1.88 bits per heavy atom. The molecule has 2 aromatic carbocycles. The number of carbonyl (C=O) groups is 2. The zero-order chi connectivity index (χ0) is 23.5. The SMILES string of the molecule is COc1ccc(/C=C2/Sc3ccc(C(=O)N[C@@H]4CCC[C@@H](C)[C@@H]4C)cc3NC2=O)cc1OC. The van der Waals surface area contributed by atoms with Gasteiger partial charge >= 0.3 is 0 Å². The summed E-state index contributed by atoms with van der Waals surface area (Å²) in [5.41, 5.74) is 2.06. The Balaban J connectivity index is 1.50. The highest BCUT2D eigenvalue weighted by Gasteiger charge is 2.29. The Labute approximate surface area is 199 Å². The van der Waals surface area contributed by atoms with E-state index in [9.17, 15) is 9.59 Å². The maximum atomic E-state index is 12.9. The third-order valence-electron chi connectivity index (χ3n) is 6.66. The number of carbonyl (C=O) groups excluding carboxylic acids is 2. The number of nitrogens with one attached hydrogen (secondary N) is 2. The van der Waals surface area contributed by atoms with Crippen LogP contribution < -0.4 is 20.1 Å². The zero-order valence-corrected chi connectivity index (χ0v) is 20.3. The predicted octanol–water partition coefficient (Wildman–Crippen LogP) is 5.34. The van der Waals surface area contributed by atoms with Crippen LogP contribution in [0.25, 0.3) is 6.08 Å². The minimum atomic E-state index is -0.199. The number of anilines is 1. The van der Waals surface area contributed by atoms with Crippen molar-refractivity contribution in [2.45, 2.75) is 44.0 Å². The van der Waals surface area contributed by atoms with E-state index in [1.807, 2.05) is 36.4 Å².